The summed E-state index contributed by atoms with van der Waals surface area (Å²) in [6, 6.07) is 4.82. The van der Waals surface area contributed by atoms with E-state index in [0.717, 1.165) is 6.42 Å². The van der Waals surface area contributed by atoms with Crippen molar-refractivity contribution in [3.8, 4) is 5.75 Å². The van der Waals surface area contributed by atoms with Gasteiger partial charge in [0.05, 0.1) is 11.6 Å². The van der Waals surface area contributed by atoms with Gasteiger partial charge in [0.2, 0.25) is 0 Å². The first-order chi connectivity index (χ1) is 8.04. The molecule has 0 heterocycles. The summed E-state index contributed by atoms with van der Waals surface area (Å²) in [4.78, 5) is 11.5. The molecule has 1 aromatic carbocycles. The number of hydrogen-bond acceptors (Lipinski definition) is 3. The first kappa shape index (κ1) is 14.1. The molecular weight excluding hydrogens is 263 g/mol. The zero-order valence-electron chi connectivity index (χ0n) is 9.70. The molecule has 1 atom stereocenters. The van der Waals surface area contributed by atoms with Gasteiger partial charge in [0.1, 0.15) is 5.75 Å². The summed E-state index contributed by atoms with van der Waals surface area (Å²) in [5, 5.41) is 0.885. The van der Waals surface area contributed by atoms with Gasteiger partial charge < -0.3 is 9.47 Å². The standard InChI is InChI=1S/C12H14Cl2O3/c1-3-6-16-12(15)8(2)17-11-5-4-9(13)7-10(11)14/h4-5,7-8H,3,6H2,1-2H3. The molecule has 5 heteroatoms. The molecule has 3 nitrogen and oxygen atoms in total. The smallest absolute Gasteiger partial charge is 0.347 e. The van der Waals surface area contributed by atoms with Gasteiger partial charge in [-0.1, -0.05) is 30.1 Å². The Labute approximate surface area is 111 Å². The maximum absolute atomic E-state index is 11.5. The van der Waals surface area contributed by atoms with Crippen LogP contribution in [0.2, 0.25) is 10.0 Å². The minimum Gasteiger partial charge on any atom is -0.477 e. The van der Waals surface area contributed by atoms with Crippen molar-refractivity contribution in [1.29, 1.82) is 0 Å². The quantitative estimate of drug-likeness (QED) is 0.769. The largest absolute Gasteiger partial charge is 0.477 e. The van der Waals surface area contributed by atoms with Crippen LogP contribution in [0, 0.1) is 0 Å². The van der Waals surface area contributed by atoms with Crippen LogP contribution in [0.15, 0.2) is 18.2 Å². The summed E-state index contributed by atoms with van der Waals surface area (Å²) in [7, 11) is 0. The van der Waals surface area contributed by atoms with E-state index in [4.69, 9.17) is 32.7 Å². The zero-order valence-corrected chi connectivity index (χ0v) is 11.2. The number of rotatable bonds is 5. The van der Waals surface area contributed by atoms with E-state index in [1.165, 1.54) is 0 Å². The summed E-state index contributed by atoms with van der Waals surface area (Å²) < 4.78 is 10.3. The van der Waals surface area contributed by atoms with Crippen LogP contribution < -0.4 is 4.74 Å². The lowest BCUT2D eigenvalue weighted by molar-refractivity contribution is -0.151. The molecule has 94 valence electrons. The highest BCUT2D eigenvalue weighted by Gasteiger charge is 2.17. The predicted molar refractivity (Wildman–Crippen MR) is 67.8 cm³/mol. The maximum atomic E-state index is 11.5. The van der Waals surface area contributed by atoms with E-state index in [1.54, 1.807) is 25.1 Å². The van der Waals surface area contributed by atoms with E-state index >= 15 is 0 Å². The lowest BCUT2D eigenvalue weighted by Gasteiger charge is -2.14. The second-order valence-corrected chi connectivity index (χ2v) is 4.35. The van der Waals surface area contributed by atoms with Gasteiger partial charge in [0.25, 0.3) is 0 Å². The number of hydrogen-bond donors (Lipinski definition) is 0. The topological polar surface area (TPSA) is 35.5 Å². The van der Waals surface area contributed by atoms with Gasteiger partial charge in [-0.25, -0.2) is 4.79 Å². The van der Waals surface area contributed by atoms with Crippen molar-refractivity contribution in [2.75, 3.05) is 6.61 Å². The van der Waals surface area contributed by atoms with Gasteiger partial charge in [-0.2, -0.15) is 0 Å². The minimum absolute atomic E-state index is 0.368. The average Bonchev–Trinajstić information content (AvgIpc) is 2.29. The Morgan fingerprint density at radius 2 is 2.12 bits per heavy atom. The summed E-state index contributed by atoms with van der Waals surface area (Å²) >= 11 is 11.7. The molecule has 0 N–H and O–H groups in total. The second-order valence-electron chi connectivity index (χ2n) is 3.50. The third kappa shape index (κ3) is 4.44. The summed E-state index contributed by atoms with van der Waals surface area (Å²) in [6.45, 7) is 3.93. The van der Waals surface area contributed by atoms with Crippen molar-refractivity contribution in [2.45, 2.75) is 26.4 Å². The molecular formula is C12H14Cl2O3. The molecule has 0 fully saturated rings. The Balaban J connectivity index is 2.61. The molecule has 17 heavy (non-hydrogen) atoms. The Bertz CT molecular complexity index is 393. The molecule has 1 rings (SSSR count). The van der Waals surface area contributed by atoms with Crippen LogP contribution >= 0.6 is 23.2 Å². The van der Waals surface area contributed by atoms with Gasteiger partial charge in [0, 0.05) is 5.02 Å². The molecule has 0 spiro atoms. The summed E-state index contributed by atoms with van der Waals surface area (Å²) in [6.07, 6.45) is 0.0837. The fourth-order valence-electron chi connectivity index (χ4n) is 1.13. The highest BCUT2D eigenvalue weighted by Crippen LogP contribution is 2.28. The SMILES string of the molecule is CCCOC(=O)C(C)Oc1ccc(Cl)cc1Cl. The lowest BCUT2D eigenvalue weighted by atomic mass is 10.3. The van der Waals surface area contributed by atoms with Crippen LogP contribution in [0.4, 0.5) is 0 Å². The third-order valence-corrected chi connectivity index (χ3v) is 2.51. The Hall–Kier alpha value is -0.930. The minimum atomic E-state index is -0.694. The van der Waals surface area contributed by atoms with E-state index in [0.29, 0.717) is 22.4 Å². The van der Waals surface area contributed by atoms with Gasteiger partial charge in [-0.3, -0.25) is 0 Å². The molecule has 0 amide bonds. The maximum Gasteiger partial charge on any atom is 0.347 e. The van der Waals surface area contributed by atoms with Gasteiger partial charge in [-0.05, 0) is 31.5 Å². The Morgan fingerprint density at radius 3 is 2.71 bits per heavy atom. The van der Waals surface area contributed by atoms with Crippen molar-refractivity contribution >= 4 is 29.2 Å². The van der Waals surface area contributed by atoms with Crippen molar-refractivity contribution in [2.24, 2.45) is 0 Å². The van der Waals surface area contributed by atoms with E-state index in [1.807, 2.05) is 6.92 Å². The molecule has 0 saturated heterocycles. The fourth-order valence-corrected chi connectivity index (χ4v) is 1.58. The highest BCUT2D eigenvalue weighted by molar-refractivity contribution is 6.35. The van der Waals surface area contributed by atoms with Gasteiger partial charge in [0.15, 0.2) is 6.10 Å². The molecule has 0 aliphatic heterocycles. The average molecular weight is 277 g/mol. The molecule has 0 aliphatic carbocycles. The predicted octanol–water partition coefficient (Wildman–Crippen LogP) is 3.71. The van der Waals surface area contributed by atoms with Crippen LogP contribution in [0.3, 0.4) is 0 Å². The monoisotopic (exact) mass is 276 g/mol. The van der Waals surface area contributed by atoms with Crippen LogP contribution in [0.5, 0.6) is 5.75 Å². The molecule has 0 saturated carbocycles. The van der Waals surface area contributed by atoms with Crippen molar-refractivity contribution < 1.29 is 14.3 Å². The Kier molecular flexibility index (Phi) is 5.59. The molecule has 0 bridgehead atoms. The fraction of sp³-hybridized carbons (Fsp3) is 0.417. The molecule has 1 aromatic rings. The number of carbonyl (C=O) groups excluding carboxylic acids is 1. The number of esters is 1. The first-order valence-corrected chi connectivity index (χ1v) is 6.08. The van der Waals surface area contributed by atoms with Crippen molar-refractivity contribution in [3.63, 3.8) is 0 Å². The Morgan fingerprint density at radius 1 is 1.41 bits per heavy atom. The van der Waals surface area contributed by atoms with Crippen molar-refractivity contribution in [1.82, 2.24) is 0 Å². The number of ether oxygens (including phenoxy) is 2. The normalized spacial score (nSPS) is 12.0. The van der Waals surface area contributed by atoms with E-state index in [2.05, 4.69) is 0 Å². The molecule has 0 aliphatic rings. The van der Waals surface area contributed by atoms with E-state index in [9.17, 15) is 4.79 Å². The van der Waals surface area contributed by atoms with Crippen LogP contribution in [-0.2, 0) is 9.53 Å². The zero-order chi connectivity index (χ0) is 12.8. The first-order valence-electron chi connectivity index (χ1n) is 5.33. The molecule has 1 unspecified atom stereocenters. The van der Waals surface area contributed by atoms with Gasteiger partial charge in [-0.15, -0.1) is 0 Å². The molecule has 0 aromatic heterocycles. The van der Waals surface area contributed by atoms with Crippen molar-refractivity contribution in [3.05, 3.63) is 28.2 Å². The van der Waals surface area contributed by atoms with E-state index in [-0.39, 0.29) is 0 Å². The second kappa shape index (κ2) is 6.72. The molecule has 0 radical (unpaired) electrons. The number of benzene rings is 1. The van der Waals surface area contributed by atoms with Crippen LogP contribution in [-0.4, -0.2) is 18.7 Å². The highest BCUT2D eigenvalue weighted by atomic mass is 35.5. The van der Waals surface area contributed by atoms with Crippen LogP contribution in [0.1, 0.15) is 20.3 Å². The number of halogens is 2. The van der Waals surface area contributed by atoms with Gasteiger partial charge >= 0.3 is 5.97 Å². The van der Waals surface area contributed by atoms with Crippen LogP contribution in [0.25, 0.3) is 0 Å². The number of carbonyl (C=O) groups is 1. The summed E-state index contributed by atoms with van der Waals surface area (Å²) in [5.74, 6) is 0.00915. The third-order valence-electron chi connectivity index (χ3n) is 1.98. The van der Waals surface area contributed by atoms with E-state index < -0.39 is 12.1 Å². The lowest BCUT2D eigenvalue weighted by Crippen LogP contribution is -2.26. The summed E-state index contributed by atoms with van der Waals surface area (Å²) in [5.41, 5.74) is 0.